The number of nitrogen functional groups attached to an aromatic ring is 1. The summed E-state index contributed by atoms with van der Waals surface area (Å²) in [6, 6.07) is 7.28. The minimum Gasteiger partial charge on any atom is -0.493 e. The second-order valence-corrected chi connectivity index (χ2v) is 6.56. The van der Waals surface area contributed by atoms with E-state index >= 15 is 0 Å². The van der Waals surface area contributed by atoms with Crippen LogP contribution in [-0.2, 0) is 0 Å². The molecule has 0 amide bonds. The molecule has 0 radical (unpaired) electrons. The molecular weight excluding hydrogens is 344 g/mol. The van der Waals surface area contributed by atoms with E-state index in [1.807, 2.05) is 18.2 Å². The lowest BCUT2D eigenvalue weighted by atomic mass is 10.1. The molecule has 0 atom stereocenters. The number of rotatable bonds is 12. The molecule has 0 saturated heterocycles. The van der Waals surface area contributed by atoms with Crippen LogP contribution in [-0.4, -0.2) is 16.6 Å². The van der Waals surface area contributed by atoms with E-state index in [1.54, 1.807) is 6.07 Å². The third-order valence-corrected chi connectivity index (χ3v) is 4.41. The number of para-hydroxylation sites is 1. The number of ether oxygens (including phenoxy) is 1. The summed E-state index contributed by atoms with van der Waals surface area (Å²) in [4.78, 5) is 29.2. The lowest BCUT2D eigenvalue weighted by molar-refractivity contribution is 0.305. The summed E-state index contributed by atoms with van der Waals surface area (Å²) in [5.74, 6) is 0.688. The SMILES string of the molecule is CCCCCCCCCCOc1ccccc1-c1nc(N)c(N=O)c(=O)[nH]1. The number of aromatic nitrogens is 2. The van der Waals surface area contributed by atoms with Crippen LogP contribution in [0.15, 0.2) is 34.2 Å². The Labute approximate surface area is 159 Å². The van der Waals surface area contributed by atoms with Gasteiger partial charge in [0.25, 0.3) is 5.56 Å². The van der Waals surface area contributed by atoms with E-state index < -0.39 is 11.2 Å². The number of nitrogens with two attached hydrogens (primary N) is 1. The Kier molecular flexibility index (Phi) is 8.48. The summed E-state index contributed by atoms with van der Waals surface area (Å²) >= 11 is 0. The molecule has 2 aromatic rings. The molecule has 0 aliphatic heterocycles. The van der Waals surface area contributed by atoms with Gasteiger partial charge in [0, 0.05) is 0 Å². The molecule has 1 aromatic carbocycles. The van der Waals surface area contributed by atoms with Crippen LogP contribution in [0, 0.1) is 4.91 Å². The summed E-state index contributed by atoms with van der Waals surface area (Å²) in [6.07, 6.45) is 9.84. The summed E-state index contributed by atoms with van der Waals surface area (Å²) in [5, 5.41) is 2.62. The molecule has 0 aliphatic carbocycles. The Balaban J connectivity index is 1.91. The number of nitrogens with zero attached hydrogens (tertiary/aromatic N) is 2. The van der Waals surface area contributed by atoms with Gasteiger partial charge in [-0.3, -0.25) is 4.79 Å². The first-order chi connectivity index (χ1) is 13.2. The number of nitroso groups, excluding NO2 is 1. The Hall–Kier alpha value is -2.70. The van der Waals surface area contributed by atoms with Gasteiger partial charge < -0.3 is 15.5 Å². The fourth-order valence-electron chi connectivity index (χ4n) is 2.91. The smallest absolute Gasteiger partial charge is 0.282 e. The quantitative estimate of drug-likeness (QED) is 0.405. The van der Waals surface area contributed by atoms with E-state index in [2.05, 4.69) is 22.1 Å². The number of benzene rings is 1. The molecule has 0 unspecified atom stereocenters. The van der Waals surface area contributed by atoms with Gasteiger partial charge in [-0.05, 0) is 23.7 Å². The molecule has 0 aliphatic rings. The first kappa shape index (κ1) is 20.6. The summed E-state index contributed by atoms with van der Waals surface area (Å²) in [5.41, 5.74) is 5.21. The highest BCUT2D eigenvalue weighted by Crippen LogP contribution is 2.28. The number of aromatic amines is 1. The first-order valence-electron chi connectivity index (χ1n) is 9.62. The van der Waals surface area contributed by atoms with Crippen LogP contribution in [0.1, 0.15) is 58.3 Å². The minimum absolute atomic E-state index is 0.193. The highest BCUT2D eigenvalue weighted by molar-refractivity contribution is 5.67. The highest BCUT2D eigenvalue weighted by Gasteiger charge is 2.13. The first-order valence-corrected chi connectivity index (χ1v) is 9.62. The predicted molar refractivity (Wildman–Crippen MR) is 108 cm³/mol. The van der Waals surface area contributed by atoms with Crippen molar-refractivity contribution >= 4 is 11.5 Å². The molecule has 1 heterocycles. The van der Waals surface area contributed by atoms with Crippen LogP contribution in [0.2, 0.25) is 0 Å². The average molecular weight is 372 g/mol. The van der Waals surface area contributed by atoms with E-state index in [9.17, 15) is 9.70 Å². The average Bonchev–Trinajstić information content (AvgIpc) is 2.67. The Bertz CT molecular complexity index is 789. The molecule has 0 bridgehead atoms. The summed E-state index contributed by atoms with van der Waals surface area (Å²) in [6.45, 7) is 2.82. The predicted octanol–water partition coefficient (Wildman–Crippen LogP) is 4.94. The van der Waals surface area contributed by atoms with Crippen LogP contribution in [0.25, 0.3) is 11.4 Å². The zero-order valence-corrected chi connectivity index (χ0v) is 15.9. The zero-order chi connectivity index (χ0) is 19.5. The normalized spacial score (nSPS) is 10.7. The molecule has 146 valence electrons. The van der Waals surface area contributed by atoms with Crippen molar-refractivity contribution < 1.29 is 4.74 Å². The second-order valence-electron chi connectivity index (χ2n) is 6.56. The lowest BCUT2D eigenvalue weighted by Gasteiger charge is -2.11. The molecule has 3 N–H and O–H groups in total. The second kappa shape index (κ2) is 11.1. The molecule has 27 heavy (non-hydrogen) atoms. The van der Waals surface area contributed by atoms with E-state index in [-0.39, 0.29) is 11.6 Å². The van der Waals surface area contributed by atoms with Crippen LogP contribution >= 0.6 is 0 Å². The fourth-order valence-corrected chi connectivity index (χ4v) is 2.91. The number of anilines is 1. The van der Waals surface area contributed by atoms with Crippen molar-refractivity contribution in [3.63, 3.8) is 0 Å². The largest absolute Gasteiger partial charge is 0.493 e. The molecule has 1 aromatic heterocycles. The number of hydrogen-bond acceptors (Lipinski definition) is 6. The van der Waals surface area contributed by atoms with Crippen molar-refractivity contribution in [3.05, 3.63) is 39.5 Å². The molecule has 7 heteroatoms. The summed E-state index contributed by atoms with van der Waals surface area (Å²) < 4.78 is 5.88. The Morgan fingerprint density at radius 1 is 1.07 bits per heavy atom. The van der Waals surface area contributed by atoms with Gasteiger partial charge in [-0.25, -0.2) is 4.98 Å². The van der Waals surface area contributed by atoms with Gasteiger partial charge in [0.2, 0.25) is 5.69 Å². The van der Waals surface area contributed by atoms with Gasteiger partial charge in [0.05, 0.1) is 12.2 Å². The highest BCUT2D eigenvalue weighted by atomic mass is 16.5. The van der Waals surface area contributed by atoms with E-state index in [4.69, 9.17) is 10.5 Å². The van der Waals surface area contributed by atoms with Gasteiger partial charge in [-0.15, -0.1) is 4.91 Å². The summed E-state index contributed by atoms with van der Waals surface area (Å²) in [7, 11) is 0. The zero-order valence-electron chi connectivity index (χ0n) is 15.9. The maximum Gasteiger partial charge on any atom is 0.282 e. The van der Waals surface area contributed by atoms with Gasteiger partial charge in [0.1, 0.15) is 11.6 Å². The maximum atomic E-state index is 11.9. The monoisotopic (exact) mass is 372 g/mol. The number of hydrogen-bond donors (Lipinski definition) is 2. The lowest BCUT2D eigenvalue weighted by Crippen LogP contribution is -2.12. The standard InChI is InChI=1S/C20H28N4O3/c1-2-3-4-5-6-7-8-11-14-27-16-13-10-9-12-15(16)19-22-18(21)17(24-26)20(25)23-19/h9-10,12-13H,2-8,11,14H2,1H3,(H3,21,22,23,25). The fraction of sp³-hybridized carbons (Fsp3) is 0.500. The molecule has 0 saturated carbocycles. The van der Waals surface area contributed by atoms with Crippen molar-refractivity contribution in [2.45, 2.75) is 58.3 Å². The molecule has 7 nitrogen and oxygen atoms in total. The van der Waals surface area contributed by atoms with Gasteiger partial charge in [0.15, 0.2) is 5.82 Å². The molecule has 0 fully saturated rings. The Morgan fingerprint density at radius 3 is 2.41 bits per heavy atom. The van der Waals surface area contributed by atoms with Crippen molar-refractivity contribution in [3.8, 4) is 17.1 Å². The van der Waals surface area contributed by atoms with Crippen LogP contribution in [0.5, 0.6) is 5.75 Å². The van der Waals surface area contributed by atoms with Crippen molar-refractivity contribution in [2.24, 2.45) is 5.18 Å². The van der Waals surface area contributed by atoms with Crippen LogP contribution < -0.4 is 16.0 Å². The van der Waals surface area contributed by atoms with Gasteiger partial charge in [-0.1, -0.05) is 64.0 Å². The van der Waals surface area contributed by atoms with Crippen LogP contribution in [0.4, 0.5) is 11.5 Å². The topological polar surface area (TPSA) is 110 Å². The van der Waals surface area contributed by atoms with E-state index in [1.165, 1.54) is 38.5 Å². The van der Waals surface area contributed by atoms with Gasteiger partial charge >= 0.3 is 0 Å². The molecule has 0 spiro atoms. The van der Waals surface area contributed by atoms with Gasteiger partial charge in [-0.2, -0.15) is 0 Å². The third kappa shape index (κ3) is 6.20. The maximum absolute atomic E-state index is 11.9. The number of H-pyrrole nitrogens is 1. The van der Waals surface area contributed by atoms with E-state index in [0.717, 1.165) is 12.8 Å². The van der Waals surface area contributed by atoms with Crippen LogP contribution in [0.3, 0.4) is 0 Å². The molecular formula is C20H28N4O3. The Morgan fingerprint density at radius 2 is 1.74 bits per heavy atom. The third-order valence-electron chi connectivity index (χ3n) is 4.41. The number of nitrogens with one attached hydrogen (secondary N) is 1. The number of unbranched alkanes of at least 4 members (excludes halogenated alkanes) is 7. The van der Waals surface area contributed by atoms with Crippen molar-refractivity contribution in [2.75, 3.05) is 12.3 Å². The van der Waals surface area contributed by atoms with E-state index in [0.29, 0.717) is 17.9 Å². The molecule has 2 rings (SSSR count). The van der Waals surface area contributed by atoms with Crippen molar-refractivity contribution in [1.29, 1.82) is 0 Å². The van der Waals surface area contributed by atoms with Crippen molar-refractivity contribution in [1.82, 2.24) is 9.97 Å². The minimum atomic E-state index is -0.662.